The van der Waals surface area contributed by atoms with Gasteiger partial charge in [0.15, 0.2) is 5.82 Å². The van der Waals surface area contributed by atoms with Crippen LogP contribution in [0.25, 0.3) is 28.3 Å². The summed E-state index contributed by atoms with van der Waals surface area (Å²) in [6.45, 7) is 2.67. The zero-order valence-electron chi connectivity index (χ0n) is 27.5. The molecular formula is C41H34N8O. The molecule has 0 atom stereocenters. The third kappa shape index (κ3) is 5.29. The summed E-state index contributed by atoms with van der Waals surface area (Å²) in [6.07, 6.45) is 3.12. The summed E-state index contributed by atoms with van der Waals surface area (Å²) in [7, 11) is 0. The molecule has 0 saturated heterocycles. The van der Waals surface area contributed by atoms with Crippen molar-refractivity contribution in [3.8, 4) is 22.5 Å². The minimum atomic E-state index is -0.861. The third-order valence-electron chi connectivity index (χ3n) is 9.26. The Morgan fingerprint density at radius 1 is 0.680 bits per heavy atom. The van der Waals surface area contributed by atoms with Gasteiger partial charge in [0, 0.05) is 17.3 Å². The van der Waals surface area contributed by atoms with Crippen LogP contribution in [0.3, 0.4) is 0 Å². The highest BCUT2D eigenvalue weighted by Gasteiger charge is 2.42. The molecule has 0 aliphatic heterocycles. The maximum absolute atomic E-state index is 12.6. The highest BCUT2D eigenvalue weighted by atomic mass is 16.1. The summed E-state index contributed by atoms with van der Waals surface area (Å²) in [5, 5.41) is 17.9. The van der Waals surface area contributed by atoms with E-state index < -0.39 is 5.54 Å². The van der Waals surface area contributed by atoms with E-state index >= 15 is 0 Å². The van der Waals surface area contributed by atoms with Crippen LogP contribution >= 0.6 is 0 Å². The molecule has 3 aromatic heterocycles. The normalized spacial score (nSPS) is 11.6. The molecule has 8 aromatic rings. The van der Waals surface area contributed by atoms with Crippen molar-refractivity contribution < 1.29 is 0 Å². The lowest BCUT2D eigenvalue weighted by molar-refractivity contribution is 0.451. The molecular weight excluding hydrogens is 621 g/mol. The second-order valence-corrected chi connectivity index (χ2v) is 12.2. The third-order valence-corrected chi connectivity index (χ3v) is 9.26. The van der Waals surface area contributed by atoms with Crippen LogP contribution in [0, 0.1) is 0 Å². The highest BCUT2D eigenvalue weighted by molar-refractivity contribution is 5.81. The Bertz CT molecular complexity index is 2340. The summed E-state index contributed by atoms with van der Waals surface area (Å²) < 4.78 is 5.40. The molecule has 0 aliphatic rings. The van der Waals surface area contributed by atoms with Gasteiger partial charge in [0.25, 0.3) is 5.56 Å². The van der Waals surface area contributed by atoms with Crippen LogP contribution in [-0.2, 0) is 18.5 Å². The van der Waals surface area contributed by atoms with Crippen LogP contribution in [0.5, 0.6) is 0 Å². The predicted octanol–water partition coefficient (Wildman–Crippen LogP) is 7.05. The van der Waals surface area contributed by atoms with Crippen molar-refractivity contribution in [3.05, 3.63) is 190 Å². The fourth-order valence-electron chi connectivity index (χ4n) is 7.01. The largest absolute Gasteiger partial charge is 0.310 e. The van der Waals surface area contributed by atoms with Crippen LogP contribution in [0.2, 0.25) is 0 Å². The summed E-state index contributed by atoms with van der Waals surface area (Å²) in [5.74, 6) is 1.19. The van der Waals surface area contributed by atoms with E-state index in [1.54, 1.807) is 6.07 Å². The maximum atomic E-state index is 12.6. The number of benzene rings is 5. The Labute approximate surface area is 289 Å². The molecule has 0 spiro atoms. The molecule has 0 aliphatic carbocycles. The van der Waals surface area contributed by atoms with Gasteiger partial charge >= 0.3 is 0 Å². The molecule has 3 heterocycles. The summed E-state index contributed by atoms with van der Waals surface area (Å²) in [4.78, 5) is 17.0. The molecule has 0 bridgehead atoms. The first kappa shape index (κ1) is 30.8. The van der Waals surface area contributed by atoms with E-state index in [1.807, 2.05) is 35.0 Å². The fourth-order valence-corrected chi connectivity index (χ4v) is 7.01. The molecule has 0 radical (unpaired) electrons. The van der Waals surface area contributed by atoms with Gasteiger partial charge in [-0.3, -0.25) is 4.79 Å². The van der Waals surface area contributed by atoms with Crippen molar-refractivity contribution in [2.75, 3.05) is 0 Å². The Kier molecular flexibility index (Phi) is 8.14. The lowest BCUT2D eigenvalue weighted by Gasteiger charge is -2.36. The van der Waals surface area contributed by atoms with E-state index in [-0.39, 0.29) is 5.56 Å². The second-order valence-electron chi connectivity index (χ2n) is 12.2. The Balaban J connectivity index is 1.25. The van der Waals surface area contributed by atoms with Crippen molar-refractivity contribution in [1.29, 1.82) is 0 Å². The quantitative estimate of drug-likeness (QED) is 0.147. The van der Waals surface area contributed by atoms with Gasteiger partial charge in [-0.2, -0.15) is 14.6 Å². The molecule has 8 rings (SSSR count). The first-order valence-electron chi connectivity index (χ1n) is 16.7. The van der Waals surface area contributed by atoms with Crippen molar-refractivity contribution in [1.82, 2.24) is 39.4 Å². The lowest BCUT2D eigenvalue weighted by Crippen LogP contribution is -2.39. The van der Waals surface area contributed by atoms with Gasteiger partial charge in [0.05, 0.1) is 6.54 Å². The minimum absolute atomic E-state index is 0.165. The molecule has 244 valence electrons. The molecule has 9 heteroatoms. The average Bonchev–Trinajstić information content (AvgIpc) is 3.87. The van der Waals surface area contributed by atoms with Crippen molar-refractivity contribution in [3.63, 3.8) is 0 Å². The Hall–Kier alpha value is -6.48. The fraction of sp³-hybridized carbons (Fsp3) is 0.122. The number of fused-ring (bicyclic) bond motifs is 1. The Morgan fingerprint density at radius 3 is 1.86 bits per heavy atom. The standard InChI is InChI=1S/C41H34N8O/c1-2-14-35-27-38(50)48-40(42-29-43-48)47(35)28-30-23-25-31(26-24-30)36-21-12-13-22-37(36)39-44-45-46-49(39)41(32-15-6-3-7-16-32,33-17-8-4-9-18-33)34-19-10-5-11-20-34/h3-13,15-27,29H,2,14,28H2,1H3. The first-order chi connectivity index (χ1) is 24.7. The summed E-state index contributed by atoms with van der Waals surface area (Å²) in [5.41, 5.74) is 7.07. The van der Waals surface area contributed by atoms with Gasteiger partial charge in [-0.1, -0.05) is 153 Å². The van der Waals surface area contributed by atoms with Gasteiger partial charge in [-0.15, -0.1) is 5.10 Å². The van der Waals surface area contributed by atoms with Crippen LogP contribution in [-0.4, -0.2) is 39.4 Å². The Morgan fingerprint density at radius 2 is 1.26 bits per heavy atom. The van der Waals surface area contributed by atoms with Crippen LogP contribution in [0.1, 0.15) is 41.3 Å². The SMILES string of the molecule is CCCc1cc(=O)n2ncnc2n1Cc1ccc(-c2ccccc2-c2nnnn2C(c2ccccc2)(c2ccccc2)c2ccccc2)cc1. The smallest absolute Gasteiger partial charge is 0.275 e. The van der Waals surface area contributed by atoms with Crippen LogP contribution in [0.4, 0.5) is 0 Å². The molecule has 0 saturated carbocycles. The highest BCUT2D eigenvalue weighted by Crippen LogP contribution is 2.43. The predicted molar refractivity (Wildman–Crippen MR) is 194 cm³/mol. The number of aryl methyl sites for hydroxylation is 1. The van der Waals surface area contributed by atoms with Gasteiger partial charge in [0.2, 0.25) is 5.78 Å². The minimum Gasteiger partial charge on any atom is -0.310 e. The van der Waals surface area contributed by atoms with E-state index in [4.69, 9.17) is 10.3 Å². The summed E-state index contributed by atoms with van der Waals surface area (Å²) in [6, 6.07) is 49.7. The number of nitrogens with zero attached hydrogens (tertiary/aromatic N) is 8. The van der Waals surface area contributed by atoms with Crippen LogP contribution < -0.4 is 5.56 Å². The van der Waals surface area contributed by atoms with Gasteiger partial charge in [0.1, 0.15) is 11.9 Å². The molecule has 9 nitrogen and oxygen atoms in total. The van der Waals surface area contributed by atoms with Crippen molar-refractivity contribution in [2.24, 2.45) is 0 Å². The van der Waals surface area contributed by atoms with E-state index in [1.165, 1.54) is 10.8 Å². The van der Waals surface area contributed by atoms with Crippen molar-refractivity contribution in [2.45, 2.75) is 31.8 Å². The number of tetrazole rings is 1. The molecule has 5 aromatic carbocycles. The van der Waals surface area contributed by atoms with Gasteiger partial charge < -0.3 is 4.57 Å². The molecule has 0 unspecified atom stereocenters. The summed E-state index contributed by atoms with van der Waals surface area (Å²) >= 11 is 0. The lowest BCUT2D eigenvalue weighted by atomic mass is 9.77. The van der Waals surface area contributed by atoms with E-state index in [9.17, 15) is 4.79 Å². The number of aromatic nitrogens is 8. The number of hydrogen-bond acceptors (Lipinski definition) is 6. The molecule has 0 amide bonds. The van der Waals surface area contributed by atoms with Crippen molar-refractivity contribution >= 4 is 5.78 Å². The molecule has 0 fully saturated rings. The average molecular weight is 655 g/mol. The zero-order chi connectivity index (χ0) is 33.9. The monoisotopic (exact) mass is 654 g/mol. The number of rotatable bonds is 10. The topological polar surface area (TPSA) is 95.8 Å². The second kappa shape index (κ2) is 13.2. The number of hydrogen-bond donors (Lipinski definition) is 0. The van der Waals surface area contributed by atoms with Gasteiger partial charge in [-0.25, -0.2) is 4.68 Å². The maximum Gasteiger partial charge on any atom is 0.275 e. The molecule has 0 N–H and O–H groups in total. The molecule has 50 heavy (non-hydrogen) atoms. The van der Waals surface area contributed by atoms with Crippen LogP contribution in [0.15, 0.2) is 157 Å². The van der Waals surface area contributed by atoms with Gasteiger partial charge in [-0.05, 0) is 50.2 Å². The zero-order valence-corrected chi connectivity index (χ0v) is 27.5. The first-order valence-corrected chi connectivity index (χ1v) is 16.7. The van der Waals surface area contributed by atoms with E-state index in [0.717, 1.165) is 57.5 Å². The van der Waals surface area contributed by atoms with E-state index in [0.29, 0.717) is 18.1 Å². The van der Waals surface area contributed by atoms with E-state index in [2.05, 4.69) is 136 Å².